The van der Waals surface area contributed by atoms with Gasteiger partial charge in [0.25, 0.3) is 0 Å². The SMILES string of the molecule is CC(O)CCN(C)C(=O)N1CCCC(C)C1C(=O)O. The van der Waals surface area contributed by atoms with Crippen molar-refractivity contribution < 1.29 is 19.8 Å². The van der Waals surface area contributed by atoms with Gasteiger partial charge in [0, 0.05) is 20.1 Å². The Morgan fingerprint density at radius 2 is 2.11 bits per heavy atom. The number of carbonyl (C=O) groups is 2. The summed E-state index contributed by atoms with van der Waals surface area (Å²) in [6.45, 7) is 4.45. The first-order valence-electron chi connectivity index (χ1n) is 6.77. The molecule has 0 aromatic heterocycles. The summed E-state index contributed by atoms with van der Waals surface area (Å²) < 4.78 is 0. The van der Waals surface area contributed by atoms with Crippen LogP contribution in [0, 0.1) is 5.92 Å². The fourth-order valence-corrected chi connectivity index (χ4v) is 2.47. The lowest BCUT2D eigenvalue weighted by molar-refractivity contribution is -0.145. The minimum Gasteiger partial charge on any atom is -0.480 e. The highest BCUT2D eigenvalue weighted by Crippen LogP contribution is 2.24. The number of hydrogen-bond donors (Lipinski definition) is 2. The van der Waals surface area contributed by atoms with Crippen LogP contribution in [-0.2, 0) is 4.79 Å². The molecule has 0 saturated carbocycles. The molecule has 1 rings (SSSR count). The van der Waals surface area contributed by atoms with E-state index >= 15 is 0 Å². The van der Waals surface area contributed by atoms with Gasteiger partial charge in [0.05, 0.1) is 6.10 Å². The van der Waals surface area contributed by atoms with Crippen LogP contribution >= 0.6 is 0 Å². The van der Waals surface area contributed by atoms with Crippen molar-refractivity contribution >= 4 is 12.0 Å². The Hall–Kier alpha value is -1.30. The third-order valence-corrected chi connectivity index (χ3v) is 3.64. The van der Waals surface area contributed by atoms with Crippen molar-refractivity contribution in [1.82, 2.24) is 9.80 Å². The number of likely N-dealkylation sites (tertiary alicyclic amines) is 1. The van der Waals surface area contributed by atoms with Crippen LogP contribution in [-0.4, -0.2) is 64.3 Å². The summed E-state index contributed by atoms with van der Waals surface area (Å²) in [7, 11) is 1.64. The molecule has 19 heavy (non-hydrogen) atoms. The second-order valence-corrected chi connectivity index (χ2v) is 5.44. The van der Waals surface area contributed by atoms with E-state index in [0.29, 0.717) is 19.5 Å². The Morgan fingerprint density at radius 1 is 1.47 bits per heavy atom. The highest BCUT2D eigenvalue weighted by Gasteiger charge is 2.38. The third kappa shape index (κ3) is 4.09. The number of rotatable bonds is 4. The fourth-order valence-electron chi connectivity index (χ4n) is 2.47. The smallest absolute Gasteiger partial charge is 0.326 e. The van der Waals surface area contributed by atoms with E-state index in [-0.39, 0.29) is 11.9 Å². The number of piperidine rings is 1. The molecule has 0 aliphatic carbocycles. The van der Waals surface area contributed by atoms with Gasteiger partial charge in [-0.25, -0.2) is 9.59 Å². The average Bonchev–Trinajstić information content (AvgIpc) is 2.34. The molecule has 0 aromatic rings. The van der Waals surface area contributed by atoms with Crippen molar-refractivity contribution in [3.63, 3.8) is 0 Å². The van der Waals surface area contributed by atoms with Crippen LogP contribution in [0.3, 0.4) is 0 Å². The summed E-state index contributed by atoms with van der Waals surface area (Å²) in [5.41, 5.74) is 0. The van der Waals surface area contributed by atoms with Gasteiger partial charge in [-0.3, -0.25) is 0 Å². The van der Waals surface area contributed by atoms with E-state index in [1.807, 2.05) is 6.92 Å². The highest BCUT2D eigenvalue weighted by molar-refractivity contribution is 5.83. The first-order valence-corrected chi connectivity index (χ1v) is 6.77. The van der Waals surface area contributed by atoms with Crippen LogP contribution in [0.25, 0.3) is 0 Å². The number of aliphatic carboxylic acids is 1. The molecule has 1 aliphatic heterocycles. The molecule has 2 N–H and O–H groups in total. The normalized spacial score (nSPS) is 24.9. The molecular weight excluding hydrogens is 248 g/mol. The zero-order valence-electron chi connectivity index (χ0n) is 11.9. The molecule has 2 amide bonds. The zero-order valence-corrected chi connectivity index (χ0v) is 11.9. The molecule has 0 spiro atoms. The van der Waals surface area contributed by atoms with Crippen LogP contribution in [0.15, 0.2) is 0 Å². The topological polar surface area (TPSA) is 81.1 Å². The molecule has 0 bridgehead atoms. The van der Waals surface area contributed by atoms with E-state index in [0.717, 1.165) is 12.8 Å². The summed E-state index contributed by atoms with van der Waals surface area (Å²) in [5.74, 6) is -0.968. The monoisotopic (exact) mass is 272 g/mol. The Balaban J connectivity index is 2.69. The lowest BCUT2D eigenvalue weighted by Crippen LogP contribution is -2.55. The second kappa shape index (κ2) is 6.75. The fraction of sp³-hybridized carbons (Fsp3) is 0.846. The van der Waals surface area contributed by atoms with E-state index < -0.39 is 18.1 Å². The first kappa shape index (κ1) is 15.8. The van der Waals surface area contributed by atoms with Crippen molar-refractivity contribution in [2.24, 2.45) is 5.92 Å². The highest BCUT2D eigenvalue weighted by atomic mass is 16.4. The molecule has 1 aliphatic rings. The predicted molar refractivity (Wildman–Crippen MR) is 70.9 cm³/mol. The van der Waals surface area contributed by atoms with E-state index in [4.69, 9.17) is 0 Å². The Labute approximate surface area is 114 Å². The van der Waals surface area contributed by atoms with Crippen molar-refractivity contribution in [2.75, 3.05) is 20.1 Å². The molecule has 3 atom stereocenters. The number of urea groups is 1. The van der Waals surface area contributed by atoms with Crippen molar-refractivity contribution in [3.05, 3.63) is 0 Å². The minimum atomic E-state index is -0.940. The average molecular weight is 272 g/mol. The van der Waals surface area contributed by atoms with Gasteiger partial charge in [0.1, 0.15) is 6.04 Å². The van der Waals surface area contributed by atoms with Crippen LogP contribution < -0.4 is 0 Å². The number of amides is 2. The lowest BCUT2D eigenvalue weighted by Gasteiger charge is -2.39. The van der Waals surface area contributed by atoms with Gasteiger partial charge in [-0.05, 0) is 32.1 Å². The largest absolute Gasteiger partial charge is 0.480 e. The van der Waals surface area contributed by atoms with Crippen LogP contribution in [0.4, 0.5) is 4.79 Å². The number of carboxylic acid groups (broad SMARTS) is 1. The molecule has 6 heteroatoms. The maximum Gasteiger partial charge on any atom is 0.326 e. The third-order valence-electron chi connectivity index (χ3n) is 3.64. The van der Waals surface area contributed by atoms with Gasteiger partial charge in [0.15, 0.2) is 0 Å². The van der Waals surface area contributed by atoms with E-state index in [1.165, 1.54) is 9.80 Å². The first-order chi connectivity index (χ1) is 8.84. The molecule has 1 heterocycles. The Kier molecular flexibility index (Phi) is 5.60. The number of hydrogen-bond acceptors (Lipinski definition) is 3. The minimum absolute atomic E-state index is 0.0274. The van der Waals surface area contributed by atoms with Crippen molar-refractivity contribution in [2.45, 2.75) is 45.3 Å². The quantitative estimate of drug-likeness (QED) is 0.800. The summed E-state index contributed by atoms with van der Waals surface area (Å²) in [6, 6.07) is -1.00. The van der Waals surface area contributed by atoms with E-state index in [2.05, 4.69) is 0 Å². The van der Waals surface area contributed by atoms with Crippen LogP contribution in [0.1, 0.15) is 33.1 Å². The van der Waals surface area contributed by atoms with Gasteiger partial charge >= 0.3 is 12.0 Å². The van der Waals surface area contributed by atoms with Gasteiger partial charge in [-0.15, -0.1) is 0 Å². The van der Waals surface area contributed by atoms with Crippen molar-refractivity contribution in [1.29, 1.82) is 0 Å². The van der Waals surface area contributed by atoms with E-state index in [9.17, 15) is 19.8 Å². The number of aliphatic hydroxyl groups excluding tert-OH is 1. The molecular formula is C13H24N2O4. The van der Waals surface area contributed by atoms with Gasteiger partial charge in [-0.2, -0.15) is 0 Å². The zero-order chi connectivity index (χ0) is 14.6. The summed E-state index contributed by atoms with van der Waals surface area (Å²) in [4.78, 5) is 26.5. The van der Waals surface area contributed by atoms with Gasteiger partial charge in [-0.1, -0.05) is 6.92 Å². The molecule has 0 radical (unpaired) electrons. The van der Waals surface area contributed by atoms with Gasteiger partial charge < -0.3 is 20.0 Å². The second-order valence-electron chi connectivity index (χ2n) is 5.44. The van der Waals surface area contributed by atoms with Crippen LogP contribution in [0.2, 0.25) is 0 Å². The maximum atomic E-state index is 12.3. The number of aliphatic hydroxyl groups is 1. The maximum absolute atomic E-state index is 12.3. The molecule has 1 fully saturated rings. The number of nitrogens with zero attached hydrogens (tertiary/aromatic N) is 2. The lowest BCUT2D eigenvalue weighted by atomic mass is 9.91. The van der Waals surface area contributed by atoms with Gasteiger partial charge in [0.2, 0.25) is 0 Å². The molecule has 110 valence electrons. The number of carboxylic acids is 1. The van der Waals surface area contributed by atoms with Crippen molar-refractivity contribution in [3.8, 4) is 0 Å². The Bertz CT molecular complexity index is 333. The molecule has 1 saturated heterocycles. The molecule has 0 aromatic carbocycles. The molecule has 6 nitrogen and oxygen atoms in total. The summed E-state index contributed by atoms with van der Waals surface area (Å²) in [6.07, 6.45) is 1.69. The van der Waals surface area contributed by atoms with E-state index in [1.54, 1.807) is 14.0 Å². The Morgan fingerprint density at radius 3 is 2.63 bits per heavy atom. The predicted octanol–water partition coefficient (Wildman–Crippen LogP) is 0.994. The number of carbonyl (C=O) groups excluding carboxylic acids is 1. The molecule has 3 unspecified atom stereocenters. The summed E-state index contributed by atoms with van der Waals surface area (Å²) in [5, 5.41) is 18.5. The standard InChI is InChI=1S/C13H24N2O4/c1-9-5-4-7-15(11(9)12(17)18)13(19)14(3)8-6-10(2)16/h9-11,16H,4-8H2,1-3H3,(H,17,18). The van der Waals surface area contributed by atoms with Crippen LogP contribution in [0.5, 0.6) is 0 Å². The summed E-state index contributed by atoms with van der Waals surface area (Å²) >= 11 is 0.